The van der Waals surface area contributed by atoms with Crippen LogP contribution in [0.2, 0.25) is 0 Å². The minimum absolute atomic E-state index is 0.247. The molecule has 10 heteroatoms. The Labute approximate surface area is 130 Å². The highest BCUT2D eigenvalue weighted by atomic mass is 32.2. The largest absolute Gasteiger partial charge is 0.407 e. The van der Waals surface area contributed by atoms with Crippen molar-refractivity contribution in [2.24, 2.45) is 7.05 Å². The third-order valence-corrected chi connectivity index (χ3v) is 5.76. The number of benzene rings is 1. The summed E-state index contributed by atoms with van der Waals surface area (Å²) in [6.45, 7) is 0. The van der Waals surface area contributed by atoms with E-state index in [0.29, 0.717) is 23.9 Å². The van der Waals surface area contributed by atoms with Crippen molar-refractivity contribution >= 4 is 21.1 Å². The summed E-state index contributed by atoms with van der Waals surface area (Å²) in [6, 6.07) is 3.95. The molecular formula is C13H15F3N4O2S. The van der Waals surface area contributed by atoms with Crippen LogP contribution in [0, 0.1) is 0 Å². The molecule has 3 rings (SSSR count). The molecule has 0 aliphatic heterocycles. The van der Waals surface area contributed by atoms with Crippen LogP contribution in [-0.2, 0) is 17.1 Å². The Morgan fingerprint density at radius 2 is 1.91 bits per heavy atom. The van der Waals surface area contributed by atoms with Gasteiger partial charge < -0.3 is 0 Å². The molecule has 0 amide bonds. The van der Waals surface area contributed by atoms with Crippen LogP contribution >= 0.6 is 0 Å². The van der Waals surface area contributed by atoms with E-state index in [0.717, 1.165) is 0 Å². The van der Waals surface area contributed by atoms with E-state index >= 15 is 0 Å². The molecule has 1 heterocycles. The zero-order chi connectivity index (χ0) is 16.9. The Hall–Kier alpha value is -1.68. The molecule has 0 unspecified atom stereocenters. The fourth-order valence-corrected chi connectivity index (χ4v) is 4.39. The minimum Gasteiger partial charge on any atom is -0.248 e. The summed E-state index contributed by atoms with van der Waals surface area (Å²) < 4.78 is 68.3. The second-order valence-electron chi connectivity index (χ2n) is 5.76. The third kappa shape index (κ3) is 2.69. The van der Waals surface area contributed by atoms with Gasteiger partial charge in [0.05, 0.1) is 10.4 Å². The van der Waals surface area contributed by atoms with Gasteiger partial charge in [-0.25, -0.2) is 13.1 Å². The summed E-state index contributed by atoms with van der Waals surface area (Å²) in [6.07, 6.45) is -4.45. The number of aryl methyl sites for hydroxylation is 1. The van der Waals surface area contributed by atoms with E-state index in [-0.39, 0.29) is 17.7 Å². The van der Waals surface area contributed by atoms with Crippen LogP contribution in [0.4, 0.5) is 13.2 Å². The maximum absolute atomic E-state index is 13.4. The topological polar surface area (TPSA) is 76.9 Å². The fourth-order valence-electron chi connectivity index (χ4n) is 2.93. The van der Waals surface area contributed by atoms with E-state index < -0.39 is 21.7 Å². The maximum Gasteiger partial charge on any atom is 0.407 e. The summed E-state index contributed by atoms with van der Waals surface area (Å²) in [4.78, 5) is -0.249. The quantitative estimate of drug-likeness (QED) is 0.922. The predicted octanol–water partition coefficient (Wildman–Crippen LogP) is 2.12. The van der Waals surface area contributed by atoms with Crippen LogP contribution in [0.5, 0.6) is 0 Å². The Morgan fingerprint density at radius 3 is 2.52 bits per heavy atom. The minimum atomic E-state index is -4.63. The van der Waals surface area contributed by atoms with Gasteiger partial charge in [-0.15, -0.1) is 5.10 Å². The Bertz CT molecular complexity index is 839. The van der Waals surface area contributed by atoms with Crippen molar-refractivity contribution in [3.05, 3.63) is 18.2 Å². The van der Waals surface area contributed by atoms with Crippen LogP contribution < -0.4 is 4.72 Å². The molecule has 2 aromatic rings. The second-order valence-corrected chi connectivity index (χ2v) is 7.44. The van der Waals surface area contributed by atoms with Gasteiger partial charge in [0.15, 0.2) is 0 Å². The highest BCUT2D eigenvalue weighted by molar-refractivity contribution is 7.89. The molecule has 6 nitrogen and oxygen atoms in total. The number of nitrogens with zero attached hydrogens (tertiary/aromatic N) is 3. The van der Waals surface area contributed by atoms with Crippen LogP contribution in [-0.4, -0.2) is 35.1 Å². The van der Waals surface area contributed by atoms with Crippen molar-refractivity contribution in [2.75, 3.05) is 0 Å². The summed E-state index contributed by atoms with van der Waals surface area (Å²) in [5, 5.41) is 7.54. The van der Waals surface area contributed by atoms with Crippen molar-refractivity contribution in [1.29, 1.82) is 0 Å². The number of sulfonamides is 1. The van der Waals surface area contributed by atoms with E-state index in [2.05, 4.69) is 10.3 Å². The van der Waals surface area contributed by atoms with Gasteiger partial charge in [-0.1, -0.05) is 18.1 Å². The number of alkyl halides is 3. The molecule has 0 bridgehead atoms. The summed E-state index contributed by atoms with van der Waals surface area (Å²) in [5.41, 5.74) is -1.48. The molecule has 0 saturated heterocycles. The molecule has 1 aromatic heterocycles. The summed E-state index contributed by atoms with van der Waals surface area (Å²) in [7, 11) is -2.68. The third-order valence-electron chi connectivity index (χ3n) is 4.22. The number of rotatable bonds is 3. The Kier molecular flexibility index (Phi) is 3.64. The average molecular weight is 348 g/mol. The zero-order valence-electron chi connectivity index (χ0n) is 12.3. The first kappa shape index (κ1) is 16.2. The Morgan fingerprint density at radius 1 is 1.26 bits per heavy atom. The smallest absolute Gasteiger partial charge is 0.248 e. The summed E-state index contributed by atoms with van der Waals surface area (Å²) in [5.74, 6) is 0. The van der Waals surface area contributed by atoms with Gasteiger partial charge in [0.1, 0.15) is 11.1 Å². The van der Waals surface area contributed by atoms with Gasteiger partial charge in [-0.3, -0.25) is 0 Å². The first-order valence-corrected chi connectivity index (χ1v) is 8.53. The number of fused-ring (bicyclic) bond motifs is 1. The predicted molar refractivity (Wildman–Crippen MR) is 76.1 cm³/mol. The van der Waals surface area contributed by atoms with Crippen LogP contribution in [0.3, 0.4) is 0 Å². The lowest BCUT2D eigenvalue weighted by Gasteiger charge is -2.32. The molecule has 0 radical (unpaired) electrons. The number of hydrogen-bond acceptors (Lipinski definition) is 4. The standard InChI is InChI=1S/C13H15F3N4O2S/c1-20-11-5-4-9(8-10(11)17-19-20)23(21,22)18-12(13(14,15)16)6-2-3-7-12/h4-5,8,18H,2-3,6-7H2,1H3. The van der Waals surface area contributed by atoms with Crippen LogP contribution in [0.15, 0.2) is 23.1 Å². The first-order valence-electron chi connectivity index (χ1n) is 7.05. The molecule has 1 aromatic carbocycles. The molecule has 1 N–H and O–H groups in total. The van der Waals surface area contributed by atoms with Gasteiger partial charge in [-0.2, -0.15) is 17.9 Å². The molecule has 1 fully saturated rings. The average Bonchev–Trinajstić information content (AvgIpc) is 3.06. The van der Waals surface area contributed by atoms with Gasteiger partial charge in [0.25, 0.3) is 0 Å². The molecule has 1 saturated carbocycles. The monoisotopic (exact) mass is 348 g/mol. The number of halogens is 3. The van der Waals surface area contributed by atoms with Crippen molar-refractivity contribution < 1.29 is 21.6 Å². The molecule has 1 aliphatic rings. The second kappa shape index (κ2) is 5.17. The maximum atomic E-state index is 13.4. The van der Waals surface area contributed by atoms with Gasteiger partial charge in [0, 0.05) is 7.05 Å². The van der Waals surface area contributed by atoms with E-state index in [9.17, 15) is 21.6 Å². The van der Waals surface area contributed by atoms with Gasteiger partial charge in [0.2, 0.25) is 10.0 Å². The van der Waals surface area contributed by atoms with Crippen molar-refractivity contribution in [2.45, 2.75) is 42.3 Å². The lowest BCUT2D eigenvalue weighted by atomic mass is 9.99. The SMILES string of the molecule is Cn1nnc2cc(S(=O)(=O)NC3(C(F)(F)F)CCCC3)ccc21. The molecule has 126 valence electrons. The van der Waals surface area contributed by atoms with Crippen LogP contribution in [0.1, 0.15) is 25.7 Å². The van der Waals surface area contributed by atoms with Crippen LogP contribution in [0.25, 0.3) is 11.0 Å². The van der Waals surface area contributed by atoms with Gasteiger partial charge in [-0.05, 0) is 31.0 Å². The van der Waals surface area contributed by atoms with E-state index in [1.165, 1.54) is 22.9 Å². The lowest BCUT2D eigenvalue weighted by molar-refractivity contribution is -0.188. The molecular weight excluding hydrogens is 333 g/mol. The van der Waals surface area contributed by atoms with E-state index in [1.807, 2.05) is 4.72 Å². The lowest BCUT2D eigenvalue weighted by Crippen LogP contribution is -2.56. The van der Waals surface area contributed by atoms with E-state index in [1.54, 1.807) is 7.05 Å². The zero-order valence-corrected chi connectivity index (χ0v) is 13.1. The molecule has 23 heavy (non-hydrogen) atoms. The highest BCUT2D eigenvalue weighted by Gasteiger charge is 2.57. The van der Waals surface area contributed by atoms with Crippen molar-refractivity contribution in [1.82, 2.24) is 19.7 Å². The number of aromatic nitrogens is 3. The first-order chi connectivity index (χ1) is 10.6. The molecule has 0 atom stereocenters. The summed E-state index contributed by atoms with van der Waals surface area (Å²) >= 11 is 0. The van der Waals surface area contributed by atoms with Gasteiger partial charge >= 0.3 is 6.18 Å². The number of nitrogens with one attached hydrogen (secondary N) is 1. The Balaban J connectivity index is 1.99. The fraction of sp³-hybridized carbons (Fsp3) is 0.538. The van der Waals surface area contributed by atoms with Crippen molar-refractivity contribution in [3.8, 4) is 0 Å². The highest BCUT2D eigenvalue weighted by Crippen LogP contribution is 2.43. The molecule has 0 spiro atoms. The number of hydrogen-bond donors (Lipinski definition) is 1. The van der Waals surface area contributed by atoms with Crippen molar-refractivity contribution in [3.63, 3.8) is 0 Å². The normalized spacial score (nSPS) is 18.6. The molecule has 1 aliphatic carbocycles. The van der Waals surface area contributed by atoms with E-state index in [4.69, 9.17) is 0 Å².